The van der Waals surface area contributed by atoms with Gasteiger partial charge in [-0.3, -0.25) is 4.79 Å². The largest absolute Gasteiger partial charge is 0.454 e. The lowest BCUT2D eigenvalue weighted by Crippen LogP contribution is -2.13. The molecule has 0 radical (unpaired) electrons. The van der Waals surface area contributed by atoms with Crippen LogP contribution in [0, 0.1) is 6.92 Å². The Morgan fingerprint density at radius 3 is 2.48 bits per heavy atom. The van der Waals surface area contributed by atoms with E-state index in [4.69, 9.17) is 9.47 Å². The van der Waals surface area contributed by atoms with Gasteiger partial charge >= 0.3 is 0 Å². The molecule has 0 saturated carbocycles. The van der Waals surface area contributed by atoms with Gasteiger partial charge in [0, 0.05) is 12.1 Å². The number of nitrogens with zero attached hydrogens (tertiary/aromatic N) is 2. The van der Waals surface area contributed by atoms with Crippen LogP contribution in [0.25, 0.3) is 0 Å². The number of benzene rings is 2. The molecule has 2 aromatic carbocycles. The molecule has 0 fully saturated rings. The average molecular weight is 362 g/mol. The summed E-state index contributed by atoms with van der Waals surface area (Å²) in [5.74, 6) is 1.91. The zero-order valence-electron chi connectivity index (χ0n) is 14.7. The molecule has 0 atom stereocenters. The summed E-state index contributed by atoms with van der Waals surface area (Å²) < 4.78 is 10.5. The van der Waals surface area contributed by atoms with Crippen LogP contribution in [0.5, 0.6) is 11.5 Å². The quantitative estimate of drug-likeness (QED) is 0.724. The molecule has 0 aliphatic carbocycles. The fraction of sp³-hybridized carbons (Fsp3) is 0.150. The lowest BCUT2D eigenvalue weighted by molar-refractivity contribution is 0.102. The summed E-state index contributed by atoms with van der Waals surface area (Å²) in [7, 11) is 0. The fourth-order valence-electron chi connectivity index (χ4n) is 2.62. The van der Waals surface area contributed by atoms with Crippen molar-refractivity contribution in [3.63, 3.8) is 0 Å². The van der Waals surface area contributed by atoms with E-state index in [1.165, 1.54) is 5.56 Å². The molecule has 1 amide bonds. The third-order valence-electron chi connectivity index (χ3n) is 4.14. The Balaban J connectivity index is 1.36. The molecule has 1 aromatic heterocycles. The van der Waals surface area contributed by atoms with Crippen molar-refractivity contribution in [2.45, 2.75) is 13.5 Å². The molecular weight excluding hydrogens is 344 g/mol. The Kier molecular flexibility index (Phi) is 4.57. The molecule has 27 heavy (non-hydrogen) atoms. The van der Waals surface area contributed by atoms with E-state index in [0.717, 1.165) is 5.56 Å². The van der Waals surface area contributed by atoms with Crippen LogP contribution in [0.15, 0.2) is 54.6 Å². The highest BCUT2D eigenvalue weighted by atomic mass is 16.7. The third kappa shape index (κ3) is 3.98. The number of nitrogens with one attached hydrogen (secondary N) is 2. The standard InChI is InChI=1S/C20H18N4O3/c1-13-2-4-14(5-3-13)11-21-18-8-9-19(24-23-18)22-20(25)15-6-7-16-17(10-15)27-12-26-16/h2-10H,11-12H2,1H3,(H,21,23)(H,22,24,25). The Morgan fingerprint density at radius 1 is 0.963 bits per heavy atom. The van der Waals surface area contributed by atoms with Crippen molar-refractivity contribution in [2.75, 3.05) is 17.4 Å². The molecular formula is C20H18N4O3. The summed E-state index contributed by atoms with van der Waals surface area (Å²) in [6, 6.07) is 16.8. The minimum Gasteiger partial charge on any atom is -0.454 e. The van der Waals surface area contributed by atoms with Gasteiger partial charge in [-0.25, -0.2) is 0 Å². The number of aromatic nitrogens is 2. The predicted octanol–water partition coefficient (Wildman–Crippen LogP) is 3.38. The van der Waals surface area contributed by atoms with Crippen LogP contribution in [0.2, 0.25) is 0 Å². The van der Waals surface area contributed by atoms with Crippen molar-refractivity contribution < 1.29 is 14.3 Å². The maximum absolute atomic E-state index is 12.3. The van der Waals surface area contributed by atoms with E-state index in [1.54, 1.807) is 30.3 Å². The highest BCUT2D eigenvalue weighted by Gasteiger charge is 2.16. The molecule has 0 saturated heterocycles. The zero-order chi connectivity index (χ0) is 18.6. The SMILES string of the molecule is Cc1ccc(CNc2ccc(NC(=O)c3ccc4c(c3)OCO4)nn2)cc1. The second-order valence-corrected chi connectivity index (χ2v) is 6.17. The molecule has 1 aliphatic rings. The van der Waals surface area contributed by atoms with Crippen LogP contribution in [0.1, 0.15) is 21.5 Å². The first-order chi connectivity index (χ1) is 13.2. The summed E-state index contributed by atoms with van der Waals surface area (Å²) in [4.78, 5) is 12.3. The van der Waals surface area contributed by atoms with Gasteiger partial charge in [0.1, 0.15) is 5.82 Å². The number of carbonyl (C=O) groups is 1. The number of fused-ring (bicyclic) bond motifs is 1. The molecule has 4 rings (SSSR count). The third-order valence-corrected chi connectivity index (χ3v) is 4.14. The number of amides is 1. The van der Waals surface area contributed by atoms with E-state index in [9.17, 15) is 4.79 Å². The Labute approximate surface area is 156 Å². The molecule has 2 N–H and O–H groups in total. The lowest BCUT2D eigenvalue weighted by atomic mass is 10.1. The Morgan fingerprint density at radius 2 is 1.70 bits per heavy atom. The number of aryl methyl sites for hydroxylation is 1. The number of hydrogen-bond acceptors (Lipinski definition) is 6. The summed E-state index contributed by atoms with van der Waals surface area (Å²) in [5, 5.41) is 14.1. The van der Waals surface area contributed by atoms with Crippen LogP contribution >= 0.6 is 0 Å². The molecule has 3 aromatic rings. The van der Waals surface area contributed by atoms with Crippen molar-refractivity contribution in [1.82, 2.24) is 10.2 Å². The number of anilines is 2. The monoisotopic (exact) mass is 362 g/mol. The normalized spacial score (nSPS) is 11.9. The van der Waals surface area contributed by atoms with Gasteiger partial charge in [0.05, 0.1) is 0 Å². The van der Waals surface area contributed by atoms with Crippen LogP contribution < -0.4 is 20.1 Å². The predicted molar refractivity (Wildman–Crippen MR) is 101 cm³/mol. The second kappa shape index (κ2) is 7.33. The van der Waals surface area contributed by atoms with Gasteiger partial charge in [-0.05, 0) is 42.8 Å². The first-order valence-corrected chi connectivity index (χ1v) is 8.51. The van der Waals surface area contributed by atoms with E-state index in [-0.39, 0.29) is 12.7 Å². The first kappa shape index (κ1) is 16.8. The van der Waals surface area contributed by atoms with Crippen molar-refractivity contribution in [3.8, 4) is 11.5 Å². The van der Waals surface area contributed by atoms with Crippen molar-refractivity contribution in [3.05, 3.63) is 71.3 Å². The highest BCUT2D eigenvalue weighted by molar-refractivity contribution is 6.04. The van der Waals surface area contributed by atoms with Crippen molar-refractivity contribution in [1.29, 1.82) is 0 Å². The topological polar surface area (TPSA) is 85.4 Å². The highest BCUT2D eigenvalue weighted by Crippen LogP contribution is 2.32. The summed E-state index contributed by atoms with van der Waals surface area (Å²) in [5.41, 5.74) is 2.84. The zero-order valence-corrected chi connectivity index (χ0v) is 14.7. The number of rotatable bonds is 5. The first-order valence-electron chi connectivity index (χ1n) is 8.51. The summed E-state index contributed by atoms with van der Waals surface area (Å²) in [6.45, 7) is 2.88. The summed E-state index contributed by atoms with van der Waals surface area (Å²) in [6.07, 6.45) is 0. The van der Waals surface area contributed by atoms with Gasteiger partial charge in [-0.1, -0.05) is 29.8 Å². The van der Waals surface area contributed by atoms with Crippen molar-refractivity contribution >= 4 is 17.5 Å². The van der Waals surface area contributed by atoms with Gasteiger partial charge in [0.15, 0.2) is 17.3 Å². The fourth-order valence-corrected chi connectivity index (χ4v) is 2.62. The molecule has 0 unspecified atom stereocenters. The van der Waals surface area contributed by atoms with Crippen LogP contribution in [-0.4, -0.2) is 22.9 Å². The maximum atomic E-state index is 12.3. The van der Waals surface area contributed by atoms with Gasteiger partial charge < -0.3 is 20.1 Å². The van der Waals surface area contributed by atoms with Gasteiger partial charge in [-0.2, -0.15) is 0 Å². The minimum atomic E-state index is -0.289. The molecule has 2 heterocycles. The number of carbonyl (C=O) groups excluding carboxylic acids is 1. The second-order valence-electron chi connectivity index (χ2n) is 6.17. The Hall–Kier alpha value is -3.61. The van der Waals surface area contributed by atoms with Crippen LogP contribution in [0.3, 0.4) is 0 Å². The smallest absolute Gasteiger partial charge is 0.257 e. The van der Waals surface area contributed by atoms with Crippen LogP contribution in [0.4, 0.5) is 11.6 Å². The van der Waals surface area contributed by atoms with Gasteiger partial charge in [0.2, 0.25) is 6.79 Å². The summed E-state index contributed by atoms with van der Waals surface area (Å²) >= 11 is 0. The molecule has 7 nitrogen and oxygen atoms in total. The maximum Gasteiger partial charge on any atom is 0.257 e. The molecule has 136 valence electrons. The van der Waals surface area contributed by atoms with E-state index >= 15 is 0 Å². The molecule has 1 aliphatic heterocycles. The molecule has 0 bridgehead atoms. The lowest BCUT2D eigenvalue weighted by Gasteiger charge is -2.07. The number of hydrogen-bond donors (Lipinski definition) is 2. The van der Waals surface area contributed by atoms with E-state index < -0.39 is 0 Å². The molecule has 7 heteroatoms. The number of ether oxygens (including phenoxy) is 2. The Bertz CT molecular complexity index is 956. The van der Waals surface area contributed by atoms with E-state index in [1.807, 2.05) is 0 Å². The minimum absolute atomic E-state index is 0.170. The van der Waals surface area contributed by atoms with E-state index in [2.05, 4.69) is 52.0 Å². The van der Waals surface area contributed by atoms with E-state index in [0.29, 0.717) is 35.2 Å². The van der Waals surface area contributed by atoms with Gasteiger partial charge in [-0.15, -0.1) is 10.2 Å². The van der Waals surface area contributed by atoms with Gasteiger partial charge in [0.25, 0.3) is 5.91 Å². The molecule has 0 spiro atoms. The average Bonchev–Trinajstić information content (AvgIpc) is 3.16. The van der Waals surface area contributed by atoms with Crippen molar-refractivity contribution in [2.24, 2.45) is 0 Å². The van der Waals surface area contributed by atoms with Crippen LogP contribution in [-0.2, 0) is 6.54 Å².